The van der Waals surface area contributed by atoms with Gasteiger partial charge in [-0.1, -0.05) is 167 Å². The van der Waals surface area contributed by atoms with E-state index >= 15 is 0 Å². The smallest absolute Gasteiger partial charge is 0.178 e. The van der Waals surface area contributed by atoms with Crippen LogP contribution in [0.1, 0.15) is 226 Å². The number of ether oxygens (including phenoxy) is 2. The van der Waals surface area contributed by atoms with Gasteiger partial charge in [0.25, 0.3) is 0 Å². The highest BCUT2D eigenvalue weighted by Crippen LogP contribution is 2.32. The second-order valence-electron chi connectivity index (χ2n) is 16.1. The lowest BCUT2D eigenvalue weighted by Crippen LogP contribution is -2.57. The molecule has 0 amide bonds. The normalized spacial score (nSPS) is 16.0. The molecular weight excluding hydrogens is 599 g/mol. The first-order valence-electron chi connectivity index (χ1n) is 22.5. The first kappa shape index (κ1) is 46.4. The largest absolute Gasteiger partial charge is 0.349 e. The summed E-state index contributed by atoms with van der Waals surface area (Å²) < 4.78 is 14.5. The van der Waals surface area contributed by atoms with Crippen LogP contribution < -0.4 is 0 Å². The maximum absolute atomic E-state index is 6.67. The Bertz CT molecular complexity index is 677. The van der Waals surface area contributed by atoms with Gasteiger partial charge >= 0.3 is 0 Å². The zero-order valence-corrected chi connectivity index (χ0v) is 34.2. The molecule has 290 valence electrons. The van der Waals surface area contributed by atoms with Gasteiger partial charge in [-0.3, -0.25) is 0 Å². The third kappa shape index (κ3) is 28.6. The minimum atomic E-state index is -0.326. The van der Waals surface area contributed by atoms with Crippen LogP contribution in [0.3, 0.4) is 0 Å². The molecule has 1 fully saturated rings. The fraction of sp³-hybridized carbons (Fsp3) is 0.913. The van der Waals surface area contributed by atoms with Crippen LogP contribution in [0.5, 0.6) is 0 Å². The lowest BCUT2D eigenvalue weighted by Gasteiger charge is -2.46. The van der Waals surface area contributed by atoms with Gasteiger partial charge in [0, 0.05) is 0 Å². The Morgan fingerprint density at radius 3 is 1.06 bits per heavy atom. The van der Waals surface area contributed by atoms with Crippen molar-refractivity contribution in [1.82, 2.24) is 0 Å². The molecule has 1 rings (SSSR count). The molecule has 0 aromatic heterocycles. The fourth-order valence-electron chi connectivity index (χ4n) is 7.43. The van der Waals surface area contributed by atoms with E-state index in [9.17, 15) is 0 Å². The molecule has 0 aliphatic carbocycles. The van der Waals surface area contributed by atoms with Gasteiger partial charge in [0.05, 0.1) is 52.7 Å². The van der Waals surface area contributed by atoms with E-state index < -0.39 is 0 Å². The molecule has 0 aromatic carbocycles. The van der Waals surface area contributed by atoms with Crippen LogP contribution in [0.4, 0.5) is 0 Å². The molecule has 1 aliphatic heterocycles. The summed E-state index contributed by atoms with van der Waals surface area (Å²) in [6.45, 7) is 12.3. The molecule has 3 heteroatoms. The van der Waals surface area contributed by atoms with Gasteiger partial charge in [-0.05, 0) is 70.6 Å². The van der Waals surface area contributed by atoms with Crippen LogP contribution in [-0.2, 0) is 9.47 Å². The van der Waals surface area contributed by atoms with Crippen LogP contribution in [-0.4, -0.2) is 50.2 Å². The van der Waals surface area contributed by atoms with E-state index in [4.69, 9.17) is 9.47 Å². The molecule has 0 N–H and O–H groups in total. The molecule has 49 heavy (non-hydrogen) atoms. The van der Waals surface area contributed by atoms with E-state index in [0.717, 1.165) is 26.1 Å². The lowest BCUT2D eigenvalue weighted by molar-refractivity contribution is -0.918. The molecule has 0 bridgehead atoms. The quantitative estimate of drug-likeness (QED) is 0.0280. The number of piperidine rings is 1. The van der Waals surface area contributed by atoms with Crippen molar-refractivity contribution in [1.29, 1.82) is 0 Å². The number of quaternary nitrogens is 1. The Balaban J connectivity index is 2.15. The summed E-state index contributed by atoms with van der Waals surface area (Å²) >= 11 is 0. The Morgan fingerprint density at radius 2 is 0.714 bits per heavy atom. The van der Waals surface area contributed by atoms with E-state index in [1.165, 1.54) is 217 Å². The topological polar surface area (TPSA) is 18.5 Å². The summed E-state index contributed by atoms with van der Waals surface area (Å²) in [4.78, 5) is 0. The molecule has 0 spiro atoms. The van der Waals surface area contributed by atoms with Crippen LogP contribution in [0.25, 0.3) is 0 Å². The average Bonchev–Trinajstić information content (AvgIpc) is 3.11. The van der Waals surface area contributed by atoms with Gasteiger partial charge in [-0.25, -0.2) is 0 Å². The number of hydrogen-bond donors (Lipinski definition) is 0. The van der Waals surface area contributed by atoms with Gasteiger partial charge < -0.3 is 14.0 Å². The summed E-state index contributed by atoms with van der Waals surface area (Å²) in [7, 11) is 2.45. The highest BCUT2D eigenvalue weighted by atomic mass is 16.7. The van der Waals surface area contributed by atoms with Crippen LogP contribution >= 0.6 is 0 Å². The highest BCUT2D eigenvalue weighted by Gasteiger charge is 2.42. The van der Waals surface area contributed by atoms with E-state index in [-0.39, 0.29) is 5.79 Å². The van der Waals surface area contributed by atoms with Crippen molar-refractivity contribution in [3.05, 3.63) is 24.3 Å². The third-order valence-corrected chi connectivity index (χ3v) is 11.2. The molecule has 3 nitrogen and oxygen atoms in total. The van der Waals surface area contributed by atoms with E-state index in [1.54, 1.807) is 0 Å². The zero-order valence-electron chi connectivity index (χ0n) is 34.2. The summed E-state index contributed by atoms with van der Waals surface area (Å²) in [6, 6.07) is 0. The van der Waals surface area contributed by atoms with Crippen molar-refractivity contribution < 1.29 is 14.0 Å². The second kappa shape index (κ2) is 34.4. The predicted octanol–water partition coefficient (Wildman–Crippen LogP) is 14.8. The van der Waals surface area contributed by atoms with Crippen molar-refractivity contribution in [2.45, 2.75) is 232 Å². The zero-order chi connectivity index (χ0) is 35.4. The maximum Gasteiger partial charge on any atom is 0.178 e. The van der Waals surface area contributed by atoms with E-state index in [2.05, 4.69) is 52.1 Å². The standard InChI is InChI=1S/C46H90NO2/c1-5-8-11-13-15-17-19-21-23-25-27-29-31-33-35-37-44-48-46(39-42-47(4,43-40-46)41-10-7-3)49-45-38-36-34-32-30-28-26-24-22-20-18-16-14-12-9-6-2/h21-24H,5-20,25-45H2,1-4H3/q+1/b23-21-,24-22-. The van der Waals surface area contributed by atoms with Crippen LogP contribution in [0.2, 0.25) is 0 Å². The molecule has 0 unspecified atom stereocenters. The first-order chi connectivity index (χ1) is 24.1. The number of nitrogens with zero attached hydrogens (tertiary/aromatic N) is 1. The lowest BCUT2D eigenvalue weighted by atomic mass is 10.00. The molecule has 0 atom stereocenters. The number of hydrogen-bond acceptors (Lipinski definition) is 2. The third-order valence-electron chi connectivity index (χ3n) is 11.2. The molecular formula is C46H90NO2+. The van der Waals surface area contributed by atoms with Crippen molar-refractivity contribution in [2.24, 2.45) is 0 Å². The maximum atomic E-state index is 6.67. The van der Waals surface area contributed by atoms with Crippen LogP contribution in [0, 0.1) is 0 Å². The molecule has 1 saturated heterocycles. The Labute approximate surface area is 309 Å². The van der Waals surface area contributed by atoms with Crippen molar-refractivity contribution in [2.75, 3.05) is 39.9 Å². The number of allylic oxidation sites excluding steroid dienone is 4. The molecule has 0 aromatic rings. The summed E-state index contributed by atoms with van der Waals surface area (Å²) in [5.74, 6) is -0.326. The molecule has 0 saturated carbocycles. The van der Waals surface area contributed by atoms with Gasteiger partial charge in [0.1, 0.15) is 0 Å². The SMILES string of the molecule is CCCCCCCC/C=C\CCCCCCCCOC1(OCCCCCCCC/C=C\CCCCCCCC)CC[N+](C)(CCCC)CC1. The predicted molar refractivity (Wildman–Crippen MR) is 218 cm³/mol. The monoisotopic (exact) mass is 689 g/mol. The number of rotatable bonds is 37. The van der Waals surface area contributed by atoms with Gasteiger partial charge in [0.15, 0.2) is 5.79 Å². The van der Waals surface area contributed by atoms with Gasteiger partial charge in [-0.15, -0.1) is 0 Å². The second-order valence-corrected chi connectivity index (χ2v) is 16.1. The van der Waals surface area contributed by atoms with Crippen LogP contribution in [0.15, 0.2) is 24.3 Å². The summed E-state index contributed by atoms with van der Waals surface area (Å²) in [5, 5.41) is 0. The Kier molecular flexibility index (Phi) is 32.6. The summed E-state index contributed by atoms with van der Waals surface area (Å²) in [5.41, 5.74) is 0. The first-order valence-corrected chi connectivity index (χ1v) is 22.5. The minimum absolute atomic E-state index is 0.326. The fourth-order valence-corrected chi connectivity index (χ4v) is 7.43. The highest BCUT2D eigenvalue weighted by molar-refractivity contribution is 4.82. The average molecular weight is 689 g/mol. The van der Waals surface area contributed by atoms with E-state index in [0.29, 0.717) is 0 Å². The van der Waals surface area contributed by atoms with Crippen molar-refractivity contribution in [3.8, 4) is 0 Å². The number of unbranched alkanes of at least 4 members (excludes halogenated alkanes) is 25. The molecule has 1 heterocycles. The van der Waals surface area contributed by atoms with Gasteiger partial charge in [0.2, 0.25) is 0 Å². The minimum Gasteiger partial charge on any atom is -0.349 e. The van der Waals surface area contributed by atoms with E-state index in [1.807, 2.05) is 0 Å². The number of likely N-dealkylation sites (tertiary alicyclic amines) is 1. The van der Waals surface area contributed by atoms with Crippen molar-refractivity contribution in [3.63, 3.8) is 0 Å². The van der Waals surface area contributed by atoms with Gasteiger partial charge in [-0.2, -0.15) is 0 Å². The molecule has 1 aliphatic rings. The van der Waals surface area contributed by atoms with Crippen molar-refractivity contribution >= 4 is 0 Å². The Hall–Kier alpha value is -0.640. The molecule has 0 radical (unpaired) electrons. The Morgan fingerprint density at radius 1 is 0.408 bits per heavy atom. The summed E-state index contributed by atoms with van der Waals surface area (Å²) in [6.07, 6.45) is 52.2.